The summed E-state index contributed by atoms with van der Waals surface area (Å²) in [5.74, 6) is 0.213. The minimum absolute atomic E-state index is 0.241. The Kier molecular flexibility index (Phi) is 3.02. The smallest absolute Gasteiger partial charge is 0.395 e. The van der Waals surface area contributed by atoms with E-state index in [9.17, 15) is 13.2 Å². The van der Waals surface area contributed by atoms with E-state index < -0.39 is 11.7 Å². The molecule has 0 aliphatic heterocycles. The Morgan fingerprint density at radius 2 is 1.83 bits per heavy atom. The molecule has 0 fully saturated rings. The summed E-state index contributed by atoms with van der Waals surface area (Å²) in [5, 5.41) is 3.55. The maximum atomic E-state index is 12.4. The zero-order valence-corrected chi connectivity index (χ0v) is 9.53. The predicted octanol–water partition coefficient (Wildman–Crippen LogP) is 3.43. The van der Waals surface area contributed by atoms with E-state index in [0.717, 1.165) is 12.1 Å². The number of hydrogen-bond acceptors (Lipinski definition) is 3. The van der Waals surface area contributed by atoms with Crippen LogP contribution in [0.3, 0.4) is 0 Å². The van der Waals surface area contributed by atoms with Crippen molar-refractivity contribution in [2.45, 2.75) is 19.0 Å². The van der Waals surface area contributed by atoms with E-state index in [0.29, 0.717) is 17.0 Å². The van der Waals surface area contributed by atoms with Crippen LogP contribution in [0.4, 0.5) is 18.9 Å². The fourth-order valence-corrected chi connectivity index (χ4v) is 1.70. The lowest BCUT2D eigenvalue weighted by Gasteiger charge is -2.11. The Bertz CT molecular complexity index is 531. The molecule has 0 aliphatic carbocycles. The summed E-state index contributed by atoms with van der Waals surface area (Å²) >= 11 is 0. The summed E-state index contributed by atoms with van der Waals surface area (Å²) in [6.07, 6.45) is -2.96. The van der Waals surface area contributed by atoms with Crippen LogP contribution in [0.25, 0.3) is 0 Å². The number of nitrogen functional groups attached to an aromatic ring is 1. The quantitative estimate of drug-likeness (QED) is 0.895. The van der Waals surface area contributed by atoms with Gasteiger partial charge in [0.1, 0.15) is 0 Å². The lowest BCUT2D eigenvalue weighted by Crippen LogP contribution is -2.05. The van der Waals surface area contributed by atoms with Crippen molar-refractivity contribution in [3.05, 3.63) is 47.3 Å². The SMILES string of the molecule is CC(c1ccc(C(F)(F)F)cc1)c1oncc1N. The van der Waals surface area contributed by atoms with Gasteiger partial charge in [-0.25, -0.2) is 0 Å². The minimum Gasteiger partial charge on any atom is -0.395 e. The first-order chi connectivity index (χ1) is 8.39. The number of halogens is 3. The third-order valence-electron chi connectivity index (χ3n) is 2.76. The fourth-order valence-electron chi connectivity index (χ4n) is 1.70. The van der Waals surface area contributed by atoms with Gasteiger partial charge in [-0.3, -0.25) is 0 Å². The van der Waals surface area contributed by atoms with E-state index >= 15 is 0 Å². The van der Waals surface area contributed by atoms with E-state index in [-0.39, 0.29) is 5.92 Å². The van der Waals surface area contributed by atoms with Crippen LogP contribution < -0.4 is 5.73 Å². The second-order valence-corrected chi connectivity index (χ2v) is 3.99. The van der Waals surface area contributed by atoms with Crippen LogP contribution in [0, 0.1) is 0 Å². The highest BCUT2D eigenvalue weighted by Gasteiger charge is 2.30. The van der Waals surface area contributed by atoms with Crippen LogP contribution in [0.15, 0.2) is 35.0 Å². The molecule has 96 valence electrons. The van der Waals surface area contributed by atoms with Gasteiger partial charge in [0.2, 0.25) is 0 Å². The number of hydrogen-bond donors (Lipinski definition) is 1. The molecule has 0 amide bonds. The van der Waals surface area contributed by atoms with Gasteiger partial charge in [-0.2, -0.15) is 13.2 Å². The maximum absolute atomic E-state index is 12.4. The zero-order chi connectivity index (χ0) is 13.3. The number of benzene rings is 1. The van der Waals surface area contributed by atoms with E-state index in [1.54, 1.807) is 6.92 Å². The zero-order valence-electron chi connectivity index (χ0n) is 9.53. The van der Waals surface area contributed by atoms with Crippen LogP contribution >= 0.6 is 0 Å². The normalized spacial score (nSPS) is 13.6. The molecule has 2 aromatic rings. The number of alkyl halides is 3. The van der Waals surface area contributed by atoms with Crippen molar-refractivity contribution in [2.24, 2.45) is 0 Å². The molecule has 1 aromatic heterocycles. The molecule has 3 nitrogen and oxygen atoms in total. The lowest BCUT2D eigenvalue weighted by atomic mass is 9.97. The Morgan fingerprint density at radius 3 is 2.28 bits per heavy atom. The van der Waals surface area contributed by atoms with Crippen molar-refractivity contribution in [1.29, 1.82) is 0 Å². The molecule has 6 heteroatoms. The van der Waals surface area contributed by atoms with Gasteiger partial charge in [0.25, 0.3) is 0 Å². The third-order valence-corrected chi connectivity index (χ3v) is 2.76. The highest BCUT2D eigenvalue weighted by atomic mass is 19.4. The monoisotopic (exact) mass is 256 g/mol. The Hall–Kier alpha value is -1.98. The number of anilines is 1. The lowest BCUT2D eigenvalue weighted by molar-refractivity contribution is -0.137. The van der Waals surface area contributed by atoms with Gasteiger partial charge in [0, 0.05) is 5.92 Å². The van der Waals surface area contributed by atoms with Gasteiger partial charge < -0.3 is 10.3 Å². The largest absolute Gasteiger partial charge is 0.416 e. The molecular formula is C12H11F3N2O. The molecular weight excluding hydrogens is 245 g/mol. The topological polar surface area (TPSA) is 52.0 Å². The van der Waals surface area contributed by atoms with E-state index in [1.807, 2.05) is 0 Å². The molecule has 1 aromatic carbocycles. The maximum Gasteiger partial charge on any atom is 0.416 e. The minimum atomic E-state index is -4.33. The first kappa shape index (κ1) is 12.5. The average molecular weight is 256 g/mol. The number of nitrogens with two attached hydrogens (primary N) is 1. The second-order valence-electron chi connectivity index (χ2n) is 3.99. The number of nitrogens with zero attached hydrogens (tertiary/aromatic N) is 1. The molecule has 1 atom stereocenters. The van der Waals surface area contributed by atoms with Crippen LogP contribution in [-0.4, -0.2) is 5.16 Å². The molecule has 1 unspecified atom stereocenters. The van der Waals surface area contributed by atoms with Crippen molar-refractivity contribution in [3.8, 4) is 0 Å². The van der Waals surface area contributed by atoms with E-state index in [1.165, 1.54) is 18.3 Å². The van der Waals surface area contributed by atoms with Crippen molar-refractivity contribution >= 4 is 5.69 Å². The third kappa shape index (κ3) is 2.32. The number of aromatic nitrogens is 1. The summed E-state index contributed by atoms with van der Waals surface area (Å²) in [6.45, 7) is 1.79. The van der Waals surface area contributed by atoms with Crippen LogP contribution in [0.5, 0.6) is 0 Å². The molecule has 2 N–H and O–H groups in total. The van der Waals surface area contributed by atoms with Gasteiger partial charge in [0.05, 0.1) is 17.4 Å². The van der Waals surface area contributed by atoms with E-state index in [4.69, 9.17) is 10.3 Å². The van der Waals surface area contributed by atoms with Crippen molar-refractivity contribution in [2.75, 3.05) is 5.73 Å². The summed E-state index contributed by atoms with van der Waals surface area (Å²) < 4.78 is 42.2. The highest BCUT2D eigenvalue weighted by molar-refractivity contribution is 5.44. The standard InChI is InChI=1S/C12H11F3N2O/c1-7(11-10(16)6-17-18-11)8-2-4-9(5-3-8)12(13,14)15/h2-7H,16H2,1H3. The molecule has 2 rings (SSSR count). The summed E-state index contributed by atoms with van der Waals surface area (Å²) in [7, 11) is 0. The summed E-state index contributed by atoms with van der Waals surface area (Å²) in [5.41, 5.74) is 6.04. The number of rotatable bonds is 2. The summed E-state index contributed by atoms with van der Waals surface area (Å²) in [6, 6.07) is 4.90. The van der Waals surface area contributed by atoms with Crippen LogP contribution in [-0.2, 0) is 6.18 Å². The predicted molar refractivity (Wildman–Crippen MR) is 59.9 cm³/mol. The Labute approximate surface area is 101 Å². The molecule has 18 heavy (non-hydrogen) atoms. The van der Waals surface area contributed by atoms with Gasteiger partial charge in [-0.05, 0) is 17.7 Å². The first-order valence-corrected chi connectivity index (χ1v) is 5.27. The van der Waals surface area contributed by atoms with E-state index in [2.05, 4.69) is 5.16 Å². The molecule has 0 aliphatic rings. The van der Waals surface area contributed by atoms with Gasteiger partial charge >= 0.3 is 6.18 Å². The van der Waals surface area contributed by atoms with Crippen molar-refractivity contribution in [1.82, 2.24) is 5.16 Å². The van der Waals surface area contributed by atoms with Crippen molar-refractivity contribution < 1.29 is 17.7 Å². The van der Waals surface area contributed by atoms with Gasteiger partial charge in [-0.15, -0.1) is 0 Å². The van der Waals surface area contributed by atoms with Crippen LogP contribution in [0.2, 0.25) is 0 Å². The second kappa shape index (κ2) is 4.36. The molecule has 0 spiro atoms. The molecule has 0 radical (unpaired) electrons. The van der Waals surface area contributed by atoms with Gasteiger partial charge in [-0.1, -0.05) is 24.2 Å². The van der Waals surface area contributed by atoms with Crippen molar-refractivity contribution in [3.63, 3.8) is 0 Å². The summed E-state index contributed by atoms with van der Waals surface area (Å²) in [4.78, 5) is 0. The Balaban J connectivity index is 2.28. The fraction of sp³-hybridized carbons (Fsp3) is 0.250. The first-order valence-electron chi connectivity index (χ1n) is 5.27. The Morgan fingerprint density at radius 1 is 1.22 bits per heavy atom. The molecule has 0 saturated carbocycles. The van der Waals surface area contributed by atoms with Gasteiger partial charge in [0.15, 0.2) is 5.76 Å². The average Bonchev–Trinajstić information content (AvgIpc) is 2.73. The molecule has 0 saturated heterocycles. The molecule has 1 heterocycles. The highest BCUT2D eigenvalue weighted by Crippen LogP contribution is 2.32. The molecule has 0 bridgehead atoms. The van der Waals surface area contributed by atoms with Crippen LogP contribution in [0.1, 0.15) is 29.7 Å².